The van der Waals surface area contributed by atoms with Crippen molar-refractivity contribution in [1.82, 2.24) is 4.57 Å². The maximum Gasteiger partial charge on any atom is 0.263 e. The van der Waals surface area contributed by atoms with E-state index in [9.17, 15) is 10.1 Å². The first-order valence-corrected chi connectivity index (χ1v) is 11.0. The van der Waals surface area contributed by atoms with Crippen LogP contribution >= 0.6 is 23.2 Å². The second kappa shape index (κ2) is 9.30. The summed E-state index contributed by atoms with van der Waals surface area (Å²) in [4.78, 5) is 12.7. The standard InChI is InChI=1S/C22H23Cl2N3O3/c23-14-8-15(24)10-17(9-14)30-13-21(28)26-22-19(11-25)18-5-1-2-6-20(18)27(22)12-16-4-3-7-29-16/h8-10,16H,1-7,12-13H2,(H,26,28). The maximum atomic E-state index is 12.7. The molecule has 1 aliphatic carbocycles. The zero-order valence-corrected chi connectivity index (χ0v) is 18.1. The van der Waals surface area contributed by atoms with E-state index in [1.807, 2.05) is 0 Å². The number of halogens is 2. The number of carbonyl (C=O) groups is 1. The number of nitrogens with one attached hydrogen (secondary N) is 1. The van der Waals surface area contributed by atoms with E-state index in [4.69, 9.17) is 32.7 Å². The lowest BCUT2D eigenvalue weighted by atomic mass is 9.95. The van der Waals surface area contributed by atoms with Crippen molar-refractivity contribution in [3.05, 3.63) is 45.1 Å². The van der Waals surface area contributed by atoms with Crippen LogP contribution in [0.4, 0.5) is 5.82 Å². The zero-order chi connectivity index (χ0) is 21.1. The minimum absolute atomic E-state index is 0.107. The average molecular weight is 448 g/mol. The van der Waals surface area contributed by atoms with Crippen LogP contribution < -0.4 is 10.1 Å². The number of nitriles is 1. The number of nitrogens with zero attached hydrogens (tertiary/aromatic N) is 2. The number of amides is 1. The molecule has 1 fully saturated rings. The normalized spacial score (nSPS) is 18.0. The van der Waals surface area contributed by atoms with Gasteiger partial charge in [0.2, 0.25) is 0 Å². The fourth-order valence-corrected chi connectivity index (χ4v) is 4.75. The third-order valence-corrected chi connectivity index (χ3v) is 6.00. The van der Waals surface area contributed by atoms with E-state index in [2.05, 4.69) is 16.0 Å². The molecule has 1 unspecified atom stereocenters. The highest BCUT2D eigenvalue weighted by Crippen LogP contribution is 2.34. The van der Waals surface area contributed by atoms with Gasteiger partial charge < -0.3 is 19.4 Å². The summed E-state index contributed by atoms with van der Waals surface area (Å²) in [6, 6.07) is 7.10. The molecule has 158 valence electrons. The molecule has 1 N–H and O–H groups in total. The lowest BCUT2D eigenvalue weighted by molar-refractivity contribution is -0.118. The minimum atomic E-state index is -0.342. The Labute approximate surface area is 185 Å². The molecule has 0 spiro atoms. The molecule has 2 heterocycles. The Balaban J connectivity index is 1.55. The van der Waals surface area contributed by atoms with Gasteiger partial charge in [0.15, 0.2) is 6.61 Å². The van der Waals surface area contributed by atoms with Gasteiger partial charge in [-0.3, -0.25) is 4.79 Å². The van der Waals surface area contributed by atoms with Crippen LogP contribution in [-0.2, 0) is 28.9 Å². The Kier molecular flexibility index (Phi) is 6.52. The molecule has 1 aliphatic heterocycles. The Morgan fingerprint density at radius 1 is 1.23 bits per heavy atom. The summed E-state index contributed by atoms with van der Waals surface area (Å²) in [7, 11) is 0. The van der Waals surface area contributed by atoms with Gasteiger partial charge in [-0.25, -0.2) is 0 Å². The lowest BCUT2D eigenvalue weighted by Gasteiger charge is -2.20. The van der Waals surface area contributed by atoms with E-state index in [1.165, 1.54) is 0 Å². The van der Waals surface area contributed by atoms with Gasteiger partial charge in [0.05, 0.1) is 18.2 Å². The van der Waals surface area contributed by atoms with E-state index >= 15 is 0 Å². The number of benzene rings is 1. The third-order valence-electron chi connectivity index (χ3n) is 5.56. The van der Waals surface area contributed by atoms with Crippen LogP contribution in [0.5, 0.6) is 5.75 Å². The maximum absolute atomic E-state index is 12.7. The summed E-state index contributed by atoms with van der Waals surface area (Å²) < 4.78 is 13.4. The van der Waals surface area contributed by atoms with Crippen molar-refractivity contribution in [2.75, 3.05) is 18.5 Å². The summed E-state index contributed by atoms with van der Waals surface area (Å²) in [6.07, 6.45) is 6.03. The second-order valence-corrected chi connectivity index (χ2v) is 8.53. The summed E-state index contributed by atoms with van der Waals surface area (Å²) in [5.41, 5.74) is 2.76. The highest BCUT2D eigenvalue weighted by molar-refractivity contribution is 6.34. The van der Waals surface area contributed by atoms with Crippen LogP contribution in [-0.4, -0.2) is 29.8 Å². The second-order valence-electron chi connectivity index (χ2n) is 7.66. The van der Waals surface area contributed by atoms with Gasteiger partial charge in [0.25, 0.3) is 5.91 Å². The minimum Gasteiger partial charge on any atom is -0.484 e. The molecule has 1 atom stereocenters. The Bertz CT molecular complexity index is 970. The summed E-state index contributed by atoms with van der Waals surface area (Å²) >= 11 is 12.0. The smallest absolute Gasteiger partial charge is 0.263 e. The molecule has 1 amide bonds. The molecule has 1 aromatic heterocycles. The van der Waals surface area contributed by atoms with Crippen molar-refractivity contribution in [3.63, 3.8) is 0 Å². The first-order chi connectivity index (χ1) is 14.5. The highest BCUT2D eigenvalue weighted by atomic mass is 35.5. The Hall–Kier alpha value is -2.20. The van der Waals surface area contributed by atoms with Crippen LogP contribution in [0, 0.1) is 11.3 Å². The van der Waals surface area contributed by atoms with Crippen LogP contribution in [0.2, 0.25) is 10.0 Å². The van der Waals surface area contributed by atoms with Crippen molar-refractivity contribution in [3.8, 4) is 11.8 Å². The molecule has 2 aliphatic rings. The summed E-state index contributed by atoms with van der Waals surface area (Å²) in [6.45, 7) is 1.19. The molecular weight excluding hydrogens is 425 g/mol. The molecular formula is C22H23Cl2N3O3. The van der Waals surface area contributed by atoms with Crippen molar-refractivity contribution < 1.29 is 14.3 Å². The molecule has 0 bridgehead atoms. The van der Waals surface area contributed by atoms with Crippen molar-refractivity contribution in [2.45, 2.75) is 51.2 Å². The first kappa shape index (κ1) is 21.0. The number of fused-ring (bicyclic) bond motifs is 1. The van der Waals surface area contributed by atoms with Crippen molar-refractivity contribution in [2.24, 2.45) is 0 Å². The number of ether oxygens (including phenoxy) is 2. The number of rotatable bonds is 6. The largest absolute Gasteiger partial charge is 0.484 e. The van der Waals surface area contributed by atoms with E-state index in [-0.39, 0.29) is 18.6 Å². The van der Waals surface area contributed by atoms with Crippen molar-refractivity contribution >= 4 is 34.9 Å². The van der Waals surface area contributed by atoms with Gasteiger partial charge in [-0.1, -0.05) is 23.2 Å². The number of carbonyl (C=O) groups excluding carboxylic acids is 1. The molecule has 0 saturated carbocycles. The van der Waals surface area contributed by atoms with Gasteiger partial charge in [-0.15, -0.1) is 0 Å². The number of aromatic nitrogens is 1. The van der Waals surface area contributed by atoms with Gasteiger partial charge in [-0.2, -0.15) is 5.26 Å². The zero-order valence-electron chi connectivity index (χ0n) is 16.5. The fraction of sp³-hybridized carbons (Fsp3) is 0.455. The quantitative estimate of drug-likeness (QED) is 0.693. The van der Waals surface area contributed by atoms with E-state index in [1.54, 1.807) is 18.2 Å². The summed E-state index contributed by atoms with van der Waals surface area (Å²) in [5, 5.41) is 13.6. The molecule has 6 nitrogen and oxygen atoms in total. The Morgan fingerprint density at radius 3 is 2.70 bits per heavy atom. The SMILES string of the molecule is N#Cc1c2c(n(CC3CCCO3)c1NC(=O)COc1cc(Cl)cc(Cl)c1)CCCC2. The molecule has 1 aromatic carbocycles. The van der Waals surface area contributed by atoms with Gasteiger partial charge in [0, 0.05) is 22.3 Å². The van der Waals surface area contributed by atoms with Gasteiger partial charge in [-0.05, 0) is 62.3 Å². The molecule has 30 heavy (non-hydrogen) atoms. The number of hydrogen-bond acceptors (Lipinski definition) is 4. The predicted molar refractivity (Wildman–Crippen MR) is 115 cm³/mol. The van der Waals surface area contributed by atoms with E-state index in [0.717, 1.165) is 56.4 Å². The molecule has 0 radical (unpaired) electrons. The molecule has 1 saturated heterocycles. The molecule has 2 aromatic rings. The predicted octanol–water partition coefficient (Wildman–Crippen LogP) is 4.74. The number of hydrogen-bond donors (Lipinski definition) is 1. The first-order valence-electron chi connectivity index (χ1n) is 10.2. The lowest BCUT2D eigenvalue weighted by Crippen LogP contribution is -2.25. The Morgan fingerprint density at radius 2 is 2.00 bits per heavy atom. The highest BCUT2D eigenvalue weighted by Gasteiger charge is 2.28. The summed E-state index contributed by atoms with van der Waals surface area (Å²) in [5.74, 6) is 0.626. The van der Waals surface area contributed by atoms with Gasteiger partial charge in [0.1, 0.15) is 17.6 Å². The molecule has 4 rings (SSSR count). The molecule has 8 heteroatoms. The monoisotopic (exact) mass is 447 g/mol. The van der Waals surface area contributed by atoms with E-state index < -0.39 is 0 Å². The van der Waals surface area contributed by atoms with Crippen LogP contribution in [0.25, 0.3) is 0 Å². The van der Waals surface area contributed by atoms with Crippen LogP contribution in [0.1, 0.15) is 42.5 Å². The number of anilines is 1. The van der Waals surface area contributed by atoms with Crippen LogP contribution in [0.3, 0.4) is 0 Å². The fourth-order valence-electron chi connectivity index (χ4n) is 4.24. The van der Waals surface area contributed by atoms with E-state index in [0.29, 0.717) is 33.7 Å². The third kappa shape index (κ3) is 4.59. The average Bonchev–Trinajstić information content (AvgIpc) is 3.33. The topological polar surface area (TPSA) is 76.3 Å². The van der Waals surface area contributed by atoms with Crippen molar-refractivity contribution in [1.29, 1.82) is 5.26 Å². The van der Waals surface area contributed by atoms with Crippen LogP contribution in [0.15, 0.2) is 18.2 Å². The van der Waals surface area contributed by atoms with Gasteiger partial charge >= 0.3 is 0 Å².